The lowest BCUT2D eigenvalue weighted by Crippen LogP contribution is -2.44. The second kappa shape index (κ2) is 10.3. The van der Waals surface area contributed by atoms with Gasteiger partial charge >= 0.3 is 0 Å². The van der Waals surface area contributed by atoms with Crippen LogP contribution in [-0.2, 0) is 14.4 Å². The molecule has 3 N–H and O–H groups in total. The van der Waals surface area contributed by atoms with Crippen molar-refractivity contribution in [1.29, 1.82) is 0 Å². The highest BCUT2D eigenvalue weighted by atomic mass is 19.1. The van der Waals surface area contributed by atoms with Crippen LogP contribution in [0.25, 0.3) is 0 Å². The first-order chi connectivity index (χ1) is 13.7. The zero-order chi connectivity index (χ0) is 21.6. The van der Waals surface area contributed by atoms with Gasteiger partial charge in [0.25, 0.3) is 0 Å². The minimum Gasteiger partial charge on any atom is -0.354 e. The minimum atomic E-state index is -1.11. The standard InChI is InChI=1S/C21H29F2N3O3/c1-12(2)24-21(29)14-6-4-7-15(10-14)26-19(28)11-18(25-13(3)27)20-16(22)8-5-9-17(20)23/h5,8-9,12,14-15,18H,4,6-7,10-11H2,1-3H3,(H,24,29)(H,25,27)(H,26,28). The summed E-state index contributed by atoms with van der Waals surface area (Å²) in [5.74, 6) is -2.76. The van der Waals surface area contributed by atoms with Crippen molar-refractivity contribution < 1.29 is 23.2 Å². The molecular weight excluding hydrogens is 380 g/mol. The van der Waals surface area contributed by atoms with Crippen molar-refractivity contribution in [2.45, 2.75) is 71.0 Å². The van der Waals surface area contributed by atoms with Crippen LogP contribution in [0.15, 0.2) is 18.2 Å². The molecular formula is C21H29F2N3O3. The molecule has 3 unspecified atom stereocenters. The third-order valence-corrected chi connectivity index (χ3v) is 4.96. The number of amides is 3. The summed E-state index contributed by atoms with van der Waals surface area (Å²) in [5, 5.41) is 8.20. The lowest BCUT2D eigenvalue weighted by atomic mass is 9.85. The van der Waals surface area contributed by atoms with Crippen LogP contribution in [0.5, 0.6) is 0 Å². The smallest absolute Gasteiger partial charge is 0.223 e. The lowest BCUT2D eigenvalue weighted by molar-refractivity contribution is -0.128. The molecule has 1 aromatic rings. The van der Waals surface area contributed by atoms with Crippen LogP contribution in [0.3, 0.4) is 0 Å². The molecule has 1 aliphatic carbocycles. The molecule has 160 valence electrons. The van der Waals surface area contributed by atoms with E-state index in [0.29, 0.717) is 6.42 Å². The molecule has 8 heteroatoms. The first-order valence-corrected chi connectivity index (χ1v) is 9.98. The van der Waals surface area contributed by atoms with Gasteiger partial charge in [-0.2, -0.15) is 0 Å². The molecule has 0 spiro atoms. The molecule has 1 fully saturated rings. The first kappa shape index (κ1) is 22.8. The van der Waals surface area contributed by atoms with E-state index in [4.69, 9.17) is 0 Å². The van der Waals surface area contributed by atoms with Crippen LogP contribution in [0, 0.1) is 17.6 Å². The molecule has 1 aromatic carbocycles. The zero-order valence-corrected chi connectivity index (χ0v) is 17.1. The van der Waals surface area contributed by atoms with E-state index < -0.39 is 29.5 Å². The third kappa shape index (κ3) is 6.80. The Labute approximate surface area is 169 Å². The number of halogens is 2. The monoisotopic (exact) mass is 409 g/mol. The van der Waals surface area contributed by atoms with Crippen molar-refractivity contribution in [3.63, 3.8) is 0 Å². The average Bonchev–Trinajstić information content (AvgIpc) is 2.60. The molecule has 0 aromatic heterocycles. The molecule has 2 rings (SSSR count). The van der Waals surface area contributed by atoms with Crippen molar-refractivity contribution in [3.8, 4) is 0 Å². The minimum absolute atomic E-state index is 0.0245. The first-order valence-electron chi connectivity index (χ1n) is 9.98. The van der Waals surface area contributed by atoms with Crippen molar-refractivity contribution >= 4 is 17.7 Å². The molecule has 0 aliphatic heterocycles. The van der Waals surface area contributed by atoms with E-state index in [0.717, 1.165) is 31.4 Å². The Hall–Kier alpha value is -2.51. The van der Waals surface area contributed by atoms with E-state index in [1.807, 2.05) is 13.8 Å². The van der Waals surface area contributed by atoms with Gasteiger partial charge in [0.15, 0.2) is 0 Å². The van der Waals surface area contributed by atoms with Gasteiger partial charge in [0.2, 0.25) is 17.7 Å². The maximum atomic E-state index is 14.1. The Morgan fingerprint density at radius 3 is 2.34 bits per heavy atom. The molecule has 1 saturated carbocycles. The van der Waals surface area contributed by atoms with Crippen LogP contribution in [0.1, 0.15) is 64.5 Å². The summed E-state index contributed by atoms with van der Waals surface area (Å²) in [5.41, 5.74) is -0.337. The summed E-state index contributed by atoms with van der Waals surface area (Å²) < 4.78 is 28.3. The predicted molar refractivity (Wildman–Crippen MR) is 105 cm³/mol. The van der Waals surface area contributed by atoms with Gasteiger partial charge in [0.05, 0.1) is 12.5 Å². The molecule has 3 atom stereocenters. The van der Waals surface area contributed by atoms with Gasteiger partial charge < -0.3 is 16.0 Å². The highest BCUT2D eigenvalue weighted by Crippen LogP contribution is 2.26. The van der Waals surface area contributed by atoms with E-state index in [-0.39, 0.29) is 35.9 Å². The van der Waals surface area contributed by atoms with E-state index in [1.165, 1.54) is 13.0 Å². The summed E-state index contributed by atoms with van der Waals surface area (Å²) in [6.45, 7) is 5.01. The Morgan fingerprint density at radius 1 is 1.10 bits per heavy atom. The molecule has 3 amide bonds. The second-order valence-corrected chi connectivity index (χ2v) is 7.88. The van der Waals surface area contributed by atoms with Crippen LogP contribution in [-0.4, -0.2) is 29.8 Å². The Morgan fingerprint density at radius 2 is 1.76 bits per heavy atom. The summed E-state index contributed by atoms with van der Waals surface area (Å²) in [6.07, 6.45) is 2.52. The van der Waals surface area contributed by atoms with Gasteiger partial charge in [0, 0.05) is 30.5 Å². The Balaban J connectivity index is 2.02. The van der Waals surface area contributed by atoms with Gasteiger partial charge in [-0.05, 0) is 45.2 Å². The number of carbonyl (C=O) groups excluding carboxylic acids is 3. The highest BCUT2D eigenvalue weighted by Gasteiger charge is 2.30. The van der Waals surface area contributed by atoms with Crippen molar-refractivity contribution in [2.75, 3.05) is 0 Å². The van der Waals surface area contributed by atoms with Crippen LogP contribution >= 0.6 is 0 Å². The van der Waals surface area contributed by atoms with E-state index in [9.17, 15) is 23.2 Å². The number of hydrogen-bond donors (Lipinski definition) is 3. The summed E-state index contributed by atoms with van der Waals surface area (Å²) >= 11 is 0. The molecule has 6 nitrogen and oxygen atoms in total. The number of benzene rings is 1. The molecule has 0 radical (unpaired) electrons. The van der Waals surface area contributed by atoms with Crippen molar-refractivity contribution in [2.24, 2.45) is 5.92 Å². The SMILES string of the molecule is CC(=O)NC(CC(=O)NC1CCCC(C(=O)NC(C)C)C1)c1c(F)cccc1F. The zero-order valence-electron chi connectivity index (χ0n) is 17.1. The Kier molecular flexibility index (Phi) is 8.10. The van der Waals surface area contributed by atoms with Gasteiger partial charge in [-0.15, -0.1) is 0 Å². The second-order valence-electron chi connectivity index (χ2n) is 7.88. The average molecular weight is 409 g/mol. The summed E-state index contributed by atoms with van der Waals surface area (Å²) in [4.78, 5) is 36.3. The molecule has 0 bridgehead atoms. The molecule has 0 saturated heterocycles. The van der Waals surface area contributed by atoms with Gasteiger partial charge in [-0.1, -0.05) is 12.5 Å². The van der Waals surface area contributed by atoms with Gasteiger partial charge in [0.1, 0.15) is 11.6 Å². The molecule has 1 aliphatic rings. The topological polar surface area (TPSA) is 87.3 Å². The maximum Gasteiger partial charge on any atom is 0.223 e. The fourth-order valence-corrected chi connectivity index (χ4v) is 3.75. The molecule has 0 heterocycles. The predicted octanol–water partition coefficient (Wildman–Crippen LogP) is 2.73. The quantitative estimate of drug-likeness (QED) is 0.647. The Bertz CT molecular complexity index is 734. The number of nitrogens with one attached hydrogen (secondary N) is 3. The third-order valence-electron chi connectivity index (χ3n) is 4.96. The lowest BCUT2D eigenvalue weighted by Gasteiger charge is -2.30. The van der Waals surface area contributed by atoms with Crippen molar-refractivity contribution in [3.05, 3.63) is 35.4 Å². The van der Waals surface area contributed by atoms with Crippen molar-refractivity contribution in [1.82, 2.24) is 16.0 Å². The number of rotatable bonds is 7. The van der Waals surface area contributed by atoms with Gasteiger partial charge in [-0.3, -0.25) is 14.4 Å². The number of carbonyl (C=O) groups is 3. The van der Waals surface area contributed by atoms with Crippen LogP contribution in [0.2, 0.25) is 0 Å². The van der Waals surface area contributed by atoms with E-state index in [1.54, 1.807) is 0 Å². The van der Waals surface area contributed by atoms with Crippen LogP contribution in [0.4, 0.5) is 8.78 Å². The fraction of sp³-hybridized carbons (Fsp3) is 0.571. The van der Waals surface area contributed by atoms with Crippen LogP contribution < -0.4 is 16.0 Å². The van der Waals surface area contributed by atoms with E-state index >= 15 is 0 Å². The summed E-state index contributed by atoms with van der Waals surface area (Å²) in [6, 6.07) is 2.14. The molecule has 29 heavy (non-hydrogen) atoms. The highest BCUT2D eigenvalue weighted by molar-refractivity contribution is 5.80. The maximum absolute atomic E-state index is 14.1. The largest absolute Gasteiger partial charge is 0.354 e. The summed E-state index contributed by atoms with van der Waals surface area (Å²) in [7, 11) is 0. The fourth-order valence-electron chi connectivity index (χ4n) is 3.75. The van der Waals surface area contributed by atoms with E-state index in [2.05, 4.69) is 16.0 Å². The normalized spacial score (nSPS) is 20.1. The van der Waals surface area contributed by atoms with Gasteiger partial charge in [-0.25, -0.2) is 8.78 Å². The number of hydrogen-bond acceptors (Lipinski definition) is 3.